The minimum absolute atomic E-state index is 0.571. The van der Waals surface area contributed by atoms with E-state index in [9.17, 15) is 0 Å². The highest BCUT2D eigenvalue weighted by Gasteiger charge is 2.41. The van der Waals surface area contributed by atoms with Crippen molar-refractivity contribution in [3.63, 3.8) is 0 Å². The van der Waals surface area contributed by atoms with Crippen molar-refractivity contribution in [2.24, 2.45) is 10.2 Å². The van der Waals surface area contributed by atoms with E-state index in [1.807, 2.05) is 19.9 Å². The predicted octanol–water partition coefficient (Wildman–Crippen LogP) is 7.10. The van der Waals surface area contributed by atoms with E-state index in [0.717, 1.165) is 11.4 Å². The van der Waals surface area contributed by atoms with E-state index in [2.05, 4.69) is 120 Å². The van der Waals surface area contributed by atoms with E-state index < -0.39 is 5.41 Å². The zero-order valence-corrected chi connectivity index (χ0v) is 18.6. The molecule has 158 valence electrons. The first-order valence-electron chi connectivity index (χ1n) is 11.0. The van der Waals surface area contributed by atoms with E-state index in [-0.39, 0.29) is 0 Å². The highest BCUT2D eigenvalue weighted by molar-refractivity contribution is 6.03. The Bertz CT molecular complexity index is 1080. The average Bonchev–Trinajstić information content (AvgIpc) is 2.85. The SMILES string of the molecule is CC(C)=N/N=C(\Cc1ccccc1)C(c1ccccc1)(c1ccccc1)c1ccccc1. The summed E-state index contributed by atoms with van der Waals surface area (Å²) in [5.41, 5.74) is 6.09. The largest absolute Gasteiger partial charge is 0.161 e. The normalized spacial score (nSPS) is 11.8. The second kappa shape index (κ2) is 10.0. The molecule has 0 heterocycles. The summed E-state index contributed by atoms with van der Waals surface area (Å²) in [6.07, 6.45) is 0.691. The first-order chi connectivity index (χ1) is 15.7. The van der Waals surface area contributed by atoms with Gasteiger partial charge >= 0.3 is 0 Å². The number of nitrogens with zero attached hydrogens (tertiary/aromatic N) is 2. The van der Waals surface area contributed by atoms with E-state index in [0.29, 0.717) is 6.42 Å². The van der Waals surface area contributed by atoms with Gasteiger partial charge in [-0.3, -0.25) is 0 Å². The summed E-state index contributed by atoms with van der Waals surface area (Å²) in [5, 5.41) is 9.49. The molecule has 0 fully saturated rings. The minimum atomic E-state index is -0.571. The molecule has 4 aromatic rings. The van der Waals surface area contributed by atoms with Gasteiger partial charge in [0.15, 0.2) is 0 Å². The maximum absolute atomic E-state index is 4.92. The third-order valence-electron chi connectivity index (χ3n) is 5.64. The molecular formula is C30H28N2. The molecule has 0 amide bonds. The molecule has 0 radical (unpaired) electrons. The van der Waals surface area contributed by atoms with Gasteiger partial charge in [-0.25, -0.2) is 0 Å². The van der Waals surface area contributed by atoms with Gasteiger partial charge in [-0.1, -0.05) is 121 Å². The predicted molar refractivity (Wildman–Crippen MR) is 136 cm³/mol. The molecule has 0 aliphatic heterocycles. The molecule has 0 saturated heterocycles. The van der Waals surface area contributed by atoms with Crippen molar-refractivity contribution in [1.82, 2.24) is 0 Å². The van der Waals surface area contributed by atoms with Gasteiger partial charge in [-0.15, -0.1) is 0 Å². The summed E-state index contributed by atoms with van der Waals surface area (Å²) in [5.74, 6) is 0. The number of hydrogen-bond donors (Lipinski definition) is 0. The molecule has 0 unspecified atom stereocenters. The number of benzene rings is 4. The molecule has 32 heavy (non-hydrogen) atoms. The van der Waals surface area contributed by atoms with Crippen LogP contribution in [-0.2, 0) is 11.8 Å². The maximum atomic E-state index is 4.92. The third-order valence-corrected chi connectivity index (χ3v) is 5.64. The highest BCUT2D eigenvalue weighted by Crippen LogP contribution is 2.41. The van der Waals surface area contributed by atoms with Crippen LogP contribution >= 0.6 is 0 Å². The van der Waals surface area contributed by atoms with Crippen LogP contribution in [0.15, 0.2) is 132 Å². The fourth-order valence-corrected chi connectivity index (χ4v) is 4.26. The van der Waals surface area contributed by atoms with Gasteiger partial charge in [-0.2, -0.15) is 10.2 Å². The topological polar surface area (TPSA) is 24.7 Å². The zero-order chi connectivity index (χ0) is 22.2. The van der Waals surface area contributed by atoms with Crippen LogP contribution in [0.25, 0.3) is 0 Å². The quantitative estimate of drug-likeness (QED) is 0.174. The van der Waals surface area contributed by atoms with E-state index >= 15 is 0 Å². The standard InChI is InChI=1S/C30H28N2/c1-24(2)31-32-29(23-25-15-7-3-8-16-25)30(26-17-9-4-10-18-26,27-19-11-5-12-20-27)28-21-13-6-14-22-28/h3-22H,23H2,1-2H3/b32-29+. The van der Waals surface area contributed by atoms with Crippen molar-refractivity contribution in [2.45, 2.75) is 25.7 Å². The van der Waals surface area contributed by atoms with Crippen molar-refractivity contribution in [3.8, 4) is 0 Å². The summed E-state index contributed by atoms with van der Waals surface area (Å²) in [7, 11) is 0. The van der Waals surface area contributed by atoms with Gasteiger partial charge in [0.2, 0.25) is 0 Å². The van der Waals surface area contributed by atoms with Crippen LogP contribution < -0.4 is 0 Å². The molecule has 0 aliphatic rings. The van der Waals surface area contributed by atoms with Crippen LogP contribution in [0.5, 0.6) is 0 Å². The fourth-order valence-electron chi connectivity index (χ4n) is 4.26. The first-order valence-corrected chi connectivity index (χ1v) is 11.0. The summed E-state index contributed by atoms with van der Waals surface area (Å²) < 4.78 is 0. The lowest BCUT2D eigenvalue weighted by molar-refractivity contribution is 0.803. The molecule has 0 saturated carbocycles. The molecule has 2 nitrogen and oxygen atoms in total. The van der Waals surface area contributed by atoms with Crippen molar-refractivity contribution < 1.29 is 0 Å². The lowest BCUT2D eigenvalue weighted by Gasteiger charge is -2.37. The van der Waals surface area contributed by atoms with Crippen LogP contribution in [-0.4, -0.2) is 11.4 Å². The van der Waals surface area contributed by atoms with Gasteiger partial charge in [0.1, 0.15) is 0 Å². The van der Waals surface area contributed by atoms with E-state index in [4.69, 9.17) is 5.10 Å². The van der Waals surface area contributed by atoms with Gasteiger partial charge in [0, 0.05) is 12.1 Å². The summed E-state index contributed by atoms with van der Waals surface area (Å²) >= 11 is 0. The Morgan fingerprint density at radius 3 is 1.28 bits per heavy atom. The van der Waals surface area contributed by atoms with Crippen LogP contribution in [0.4, 0.5) is 0 Å². The zero-order valence-electron chi connectivity index (χ0n) is 18.6. The monoisotopic (exact) mass is 416 g/mol. The molecule has 0 atom stereocenters. The second-order valence-corrected chi connectivity index (χ2v) is 8.10. The lowest BCUT2D eigenvalue weighted by atomic mass is 9.65. The Labute approximate surface area is 191 Å². The molecule has 4 rings (SSSR count). The highest BCUT2D eigenvalue weighted by atomic mass is 15.2. The molecule has 0 bridgehead atoms. The van der Waals surface area contributed by atoms with E-state index in [1.54, 1.807) is 0 Å². The van der Waals surface area contributed by atoms with Crippen LogP contribution in [0.1, 0.15) is 36.1 Å². The Hall–Kier alpha value is -3.78. The van der Waals surface area contributed by atoms with Gasteiger partial charge in [0.25, 0.3) is 0 Å². The smallest absolute Gasteiger partial charge is 0.0856 e. The molecule has 0 spiro atoms. The Kier molecular flexibility index (Phi) is 6.72. The average molecular weight is 417 g/mol. The molecular weight excluding hydrogens is 388 g/mol. The third kappa shape index (κ3) is 4.45. The van der Waals surface area contributed by atoms with Gasteiger partial charge < -0.3 is 0 Å². The Balaban J connectivity index is 2.08. The van der Waals surface area contributed by atoms with Crippen molar-refractivity contribution in [3.05, 3.63) is 144 Å². The van der Waals surface area contributed by atoms with E-state index in [1.165, 1.54) is 22.3 Å². The van der Waals surface area contributed by atoms with Gasteiger partial charge in [0.05, 0.1) is 11.1 Å². The maximum Gasteiger partial charge on any atom is 0.0856 e. The molecule has 2 heteroatoms. The fraction of sp³-hybridized carbons (Fsp3) is 0.133. The van der Waals surface area contributed by atoms with Crippen LogP contribution in [0.2, 0.25) is 0 Å². The first kappa shape index (κ1) is 21.5. The lowest BCUT2D eigenvalue weighted by Crippen LogP contribution is -2.40. The molecule has 0 aliphatic carbocycles. The molecule has 0 N–H and O–H groups in total. The summed E-state index contributed by atoms with van der Waals surface area (Å²) in [4.78, 5) is 0. The van der Waals surface area contributed by atoms with Crippen LogP contribution in [0.3, 0.4) is 0 Å². The number of rotatable bonds is 7. The van der Waals surface area contributed by atoms with Crippen molar-refractivity contribution in [1.29, 1.82) is 0 Å². The Morgan fingerprint density at radius 2 is 0.906 bits per heavy atom. The van der Waals surface area contributed by atoms with Crippen molar-refractivity contribution >= 4 is 11.4 Å². The summed E-state index contributed by atoms with van der Waals surface area (Å²) in [6.45, 7) is 3.97. The molecule has 4 aromatic carbocycles. The minimum Gasteiger partial charge on any atom is -0.161 e. The summed E-state index contributed by atoms with van der Waals surface area (Å²) in [6, 6.07) is 42.5. The Morgan fingerprint density at radius 1 is 0.531 bits per heavy atom. The van der Waals surface area contributed by atoms with Gasteiger partial charge in [-0.05, 0) is 36.1 Å². The number of hydrogen-bond acceptors (Lipinski definition) is 2. The van der Waals surface area contributed by atoms with Crippen molar-refractivity contribution in [2.75, 3.05) is 0 Å². The van der Waals surface area contributed by atoms with Crippen LogP contribution in [0, 0.1) is 0 Å². The second-order valence-electron chi connectivity index (χ2n) is 8.10. The molecule has 0 aromatic heterocycles.